The van der Waals surface area contributed by atoms with Crippen LogP contribution < -0.4 is 14.8 Å². The summed E-state index contributed by atoms with van der Waals surface area (Å²) >= 11 is 0. The van der Waals surface area contributed by atoms with Crippen molar-refractivity contribution in [1.29, 1.82) is 0 Å². The number of aryl methyl sites for hydroxylation is 1. The molecule has 6 heteroatoms. The van der Waals surface area contributed by atoms with Crippen LogP contribution in [0.1, 0.15) is 11.3 Å². The minimum Gasteiger partial charge on any atom is -0.454 e. The highest BCUT2D eigenvalue weighted by molar-refractivity contribution is 5.47. The van der Waals surface area contributed by atoms with Crippen LogP contribution in [0.25, 0.3) is 5.65 Å². The van der Waals surface area contributed by atoms with Crippen LogP contribution in [0.15, 0.2) is 36.4 Å². The number of nitrogens with zero attached hydrogens (tertiary/aromatic N) is 3. The molecule has 0 amide bonds. The summed E-state index contributed by atoms with van der Waals surface area (Å²) in [6.07, 6.45) is 0. The fourth-order valence-electron chi connectivity index (χ4n) is 2.34. The molecule has 0 spiro atoms. The standard InChI is InChI=1S/C15H14N4O2/c1-10-3-2-4-14-17-15(18-19(10)14)16-8-11-5-6-12-13(7-11)21-9-20-12/h2-7H,8-9H2,1H3,(H,16,18). The molecule has 2 aromatic heterocycles. The van der Waals surface area contributed by atoms with Crippen LogP contribution in [0.2, 0.25) is 0 Å². The summed E-state index contributed by atoms with van der Waals surface area (Å²) in [5, 5.41) is 7.67. The van der Waals surface area contributed by atoms with E-state index in [-0.39, 0.29) is 0 Å². The number of rotatable bonds is 3. The van der Waals surface area contributed by atoms with E-state index in [1.807, 2.05) is 47.8 Å². The highest BCUT2D eigenvalue weighted by atomic mass is 16.7. The molecule has 1 aliphatic rings. The van der Waals surface area contributed by atoms with Gasteiger partial charge in [0.05, 0.1) is 0 Å². The lowest BCUT2D eigenvalue weighted by atomic mass is 10.2. The van der Waals surface area contributed by atoms with Crippen LogP contribution in [0.5, 0.6) is 11.5 Å². The average Bonchev–Trinajstić information content (AvgIpc) is 3.11. The Hall–Kier alpha value is -2.76. The van der Waals surface area contributed by atoms with Crippen LogP contribution in [0, 0.1) is 6.92 Å². The van der Waals surface area contributed by atoms with E-state index in [0.717, 1.165) is 28.4 Å². The Kier molecular flexibility index (Phi) is 2.67. The molecule has 0 unspecified atom stereocenters. The number of fused-ring (bicyclic) bond motifs is 2. The van der Waals surface area contributed by atoms with Crippen molar-refractivity contribution in [3.8, 4) is 11.5 Å². The Bertz CT molecular complexity index is 813. The number of pyridine rings is 1. The molecule has 0 radical (unpaired) electrons. The predicted molar refractivity (Wildman–Crippen MR) is 77.6 cm³/mol. The minimum atomic E-state index is 0.291. The molecule has 21 heavy (non-hydrogen) atoms. The molecular weight excluding hydrogens is 268 g/mol. The lowest BCUT2D eigenvalue weighted by molar-refractivity contribution is 0.174. The molecule has 0 aliphatic carbocycles. The third-order valence-corrected chi connectivity index (χ3v) is 3.44. The van der Waals surface area contributed by atoms with Crippen molar-refractivity contribution in [2.24, 2.45) is 0 Å². The highest BCUT2D eigenvalue weighted by Gasteiger charge is 2.13. The summed E-state index contributed by atoms with van der Waals surface area (Å²) in [4.78, 5) is 4.45. The van der Waals surface area contributed by atoms with E-state index in [0.29, 0.717) is 19.3 Å². The van der Waals surface area contributed by atoms with Crippen molar-refractivity contribution in [1.82, 2.24) is 14.6 Å². The Labute approximate surface area is 121 Å². The molecule has 0 saturated carbocycles. The number of nitrogens with one attached hydrogen (secondary N) is 1. The third-order valence-electron chi connectivity index (χ3n) is 3.44. The van der Waals surface area contributed by atoms with E-state index < -0.39 is 0 Å². The summed E-state index contributed by atoms with van der Waals surface area (Å²) in [5.74, 6) is 2.19. The lowest BCUT2D eigenvalue weighted by Crippen LogP contribution is -2.01. The number of ether oxygens (including phenoxy) is 2. The van der Waals surface area contributed by atoms with E-state index in [1.54, 1.807) is 0 Å². The van der Waals surface area contributed by atoms with Gasteiger partial charge in [-0.25, -0.2) is 4.52 Å². The Morgan fingerprint density at radius 2 is 2.10 bits per heavy atom. The van der Waals surface area contributed by atoms with Gasteiger partial charge in [-0.2, -0.15) is 4.98 Å². The van der Waals surface area contributed by atoms with Crippen LogP contribution >= 0.6 is 0 Å². The molecule has 1 N–H and O–H groups in total. The van der Waals surface area contributed by atoms with Crippen molar-refractivity contribution in [3.63, 3.8) is 0 Å². The van der Waals surface area contributed by atoms with Crippen LogP contribution in [0.4, 0.5) is 5.95 Å². The number of benzene rings is 1. The van der Waals surface area contributed by atoms with Gasteiger partial charge in [-0.3, -0.25) is 0 Å². The molecule has 106 valence electrons. The molecule has 3 aromatic rings. The second kappa shape index (κ2) is 4.66. The number of aromatic nitrogens is 3. The number of hydrogen-bond acceptors (Lipinski definition) is 5. The molecule has 3 heterocycles. The maximum absolute atomic E-state index is 5.37. The van der Waals surface area contributed by atoms with Gasteiger partial charge in [0.25, 0.3) is 0 Å². The van der Waals surface area contributed by atoms with Crippen LogP contribution in [0.3, 0.4) is 0 Å². The summed E-state index contributed by atoms with van der Waals surface area (Å²) in [6, 6.07) is 11.8. The number of hydrogen-bond donors (Lipinski definition) is 1. The second-order valence-corrected chi connectivity index (χ2v) is 4.91. The van der Waals surface area contributed by atoms with Crippen molar-refractivity contribution in [2.45, 2.75) is 13.5 Å². The van der Waals surface area contributed by atoms with E-state index >= 15 is 0 Å². The van der Waals surface area contributed by atoms with Gasteiger partial charge in [0, 0.05) is 12.2 Å². The summed E-state index contributed by atoms with van der Waals surface area (Å²) < 4.78 is 12.5. The molecule has 0 bridgehead atoms. The normalized spacial score (nSPS) is 12.8. The van der Waals surface area contributed by atoms with Gasteiger partial charge < -0.3 is 14.8 Å². The fraction of sp³-hybridized carbons (Fsp3) is 0.200. The Balaban J connectivity index is 1.54. The van der Waals surface area contributed by atoms with Gasteiger partial charge in [0.2, 0.25) is 12.7 Å². The first-order chi connectivity index (χ1) is 10.3. The largest absolute Gasteiger partial charge is 0.454 e. The minimum absolute atomic E-state index is 0.291. The average molecular weight is 282 g/mol. The molecule has 1 aromatic carbocycles. The monoisotopic (exact) mass is 282 g/mol. The molecule has 0 atom stereocenters. The third kappa shape index (κ3) is 2.14. The zero-order valence-electron chi connectivity index (χ0n) is 11.5. The maximum Gasteiger partial charge on any atom is 0.243 e. The zero-order valence-corrected chi connectivity index (χ0v) is 11.5. The summed E-state index contributed by atoms with van der Waals surface area (Å²) in [5.41, 5.74) is 2.98. The highest BCUT2D eigenvalue weighted by Crippen LogP contribution is 2.32. The first-order valence-electron chi connectivity index (χ1n) is 6.74. The van der Waals surface area contributed by atoms with Gasteiger partial charge in [-0.1, -0.05) is 12.1 Å². The second-order valence-electron chi connectivity index (χ2n) is 4.91. The van der Waals surface area contributed by atoms with Crippen LogP contribution in [-0.4, -0.2) is 21.4 Å². The van der Waals surface area contributed by atoms with Crippen molar-refractivity contribution < 1.29 is 9.47 Å². The first-order valence-corrected chi connectivity index (χ1v) is 6.74. The van der Waals surface area contributed by atoms with Gasteiger partial charge >= 0.3 is 0 Å². The summed E-state index contributed by atoms with van der Waals surface area (Å²) in [7, 11) is 0. The van der Waals surface area contributed by atoms with Gasteiger partial charge in [0.15, 0.2) is 17.1 Å². The Morgan fingerprint density at radius 1 is 1.19 bits per heavy atom. The van der Waals surface area contributed by atoms with E-state index in [4.69, 9.17) is 9.47 Å². The van der Waals surface area contributed by atoms with Crippen molar-refractivity contribution in [2.75, 3.05) is 12.1 Å². The molecule has 4 rings (SSSR count). The maximum atomic E-state index is 5.37. The molecule has 0 fully saturated rings. The lowest BCUT2D eigenvalue weighted by Gasteiger charge is -2.03. The van der Waals surface area contributed by atoms with Crippen LogP contribution in [-0.2, 0) is 6.54 Å². The topological polar surface area (TPSA) is 60.7 Å². The molecule has 1 aliphatic heterocycles. The quantitative estimate of drug-likeness (QED) is 0.799. The van der Waals surface area contributed by atoms with E-state index in [1.165, 1.54) is 0 Å². The van der Waals surface area contributed by atoms with Gasteiger partial charge in [-0.05, 0) is 36.8 Å². The van der Waals surface area contributed by atoms with Crippen molar-refractivity contribution in [3.05, 3.63) is 47.7 Å². The fourth-order valence-corrected chi connectivity index (χ4v) is 2.34. The van der Waals surface area contributed by atoms with Gasteiger partial charge in [0.1, 0.15) is 0 Å². The Morgan fingerprint density at radius 3 is 3.00 bits per heavy atom. The van der Waals surface area contributed by atoms with Crippen molar-refractivity contribution >= 4 is 11.6 Å². The van der Waals surface area contributed by atoms with Gasteiger partial charge in [-0.15, -0.1) is 5.10 Å². The SMILES string of the molecule is Cc1cccc2nc(NCc3ccc4c(c3)OCO4)nn12. The number of anilines is 1. The smallest absolute Gasteiger partial charge is 0.243 e. The van der Waals surface area contributed by atoms with E-state index in [2.05, 4.69) is 15.4 Å². The zero-order chi connectivity index (χ0) is 14.2. The first kappa shape index (κ1) is 12.0. The molecular formula is C15H14N4O2. The van der Waals surface area contributed by atoms with E-state index in [9.17, 15) is 0 Å². The molecule has 0 saturated heterocycles. The summed E-state index contributed by atoms with van der Waals surface area (Å²) in [6.45, 7) is 2.93. The molecule has 6 nitrogen and oxygen atoms in total. The predicted octanol–water partition coefficient (Wildman–Crippen LogP) is 2.38.